The molecule has 0 fully saturated rings. The maximum atomic E-state index is 5.81. The molecule has 1 N–H and O–H groups in total. The van der Waals surface area contributed by atoms with Gasteiger partial charge in [0.2, 0.25) is 0 Å². The smallest absolute Gasteiger partial charge is 0.118 e. The van der Waals surface area contributed by atoms with Crippen molar-refractivity contribution >= 4 is 27.7 Å². The monoisotopic (exact) mass is 354 g/mol. The Morgan fingerprint density at radius 2 is 2.00 bits per heavy atom. The van der Waals surface area contributed by atoms with Crippen molar-refractivity contribution in [2.75, 3.05) is 0 Å². The minimum absolute atomic E-state index is 0.0977. The topological polar surface area (TPSA) is 38.1 Å². The highest BCUT2D eigenvalue weighted by atomic mass is 79.9. The summed E-state index contributed by atoms with van der Waals surface area (Å²) < 4.78 is 6.83. The summed E-state index contributed by atoms with van der Waals surface area (Å²) in [4.78, 5) is 4.33. The number of halogens is 1. The third-order valence-electron chi connectivity index (χ3n) is 2.59. The lowest BCUT2D eigenvalue weighted by Gasteiger charge is -2.19. The number of thioether (sulfide) groups is 1. The van der Waals surface area contributed by atoms with Crippen LogP contribution in [0.25, 0.3) is 0 Å². The Labute approximate surface area is 132 Å². The second kappa shape index (κ2) is 6.78. The highest BCUT2D eigenvalue weighted by Crippen LogP contribution is 2.28. The van der Waals surface area contributed by atoms with Crippen LogP contribution >= 0.6 is 27.7 Å². The van der Waals surface area contributed by atoms with E-state index in [1.807, 2.05) is 24.3 Å². The molecule has 2 rings (SSSR count). The zero-order valence-corrected chi connectivity index (χ0v) is 14.3. The van der Waals surface area contributed by atoms with Gasteiger partial charge in [-0.05, 0) is 61.0 Å². The van der Waals surface area contributed by atoms with Gasteiger partial charge >= 0.3 is 0 Å². The average molecular weight is 355 g/mol. The highest BCUT2D eigenvalue weighted by molar-refractivity contribution is 9.10. The first-order chi connectivity index (χ1) is 9.44. The molecule has 0 unspecified atom stereocenters. The Bertz CT molecular complexity index is 563. The van der Waals surface area contributed by atoms with E-state index in [-0.39, 0.29) is 5.54 Å². The summed E-state index contributed by atoms with van der Waals surface area (Å²) in [6, 6.07) is 7.97. The van der Waals surface area contributed by atoms with Crippen LogP contribution in [-0.4, -0.2) is 10.5 Å². The van der Waals surface area contributed by atoms with Crippen molar-refractivity contribution < 1.29 is 4.42 Å². The summed E-state index contributed by atoms with van der Waals surface area (Å²) >= 11 is 5.16. The Morgan fingerprint density at radius 3 is 2.70 bits per heavy atom. The predicted molar refractivity (Wildman–Crippen MR) is 86.8 cm³/mol. The fourth-order valence-corrected chi connectivity index (χ4v) is 2.94. The van der Waals surface area contributed by atoms with Crippen LogP contribution in [0.3, 0.4) is 0 Å². The van der Waals surface area contributed by atoms with Gasteiger partial charge in [0.05, 0.1) is 12.3 Å². The minimum atomic E-state index is 0.0977. The molecular weight excluding hydrogens is 336 g/mol. The van der Waals surface area contributed by atoms with Crippen LogP contribution < -0.4 is 5.32 Å². The van der Waals surface area contributed by atoms with Crippen molar-refractivity contribution in [3.63, 3.8) is 0 Å². The van der Waals surface area contributed by atoms with Crippen molar-refractivity contribution in [1.29, 1.82) is 0 Å². The molecule has 108 valence electrons. The first-order valence-electron chi connectivity index (χ1n) is 6.50. The van der Waals surface area contributed by atoms with Crippen molar-refractivity contribution in [3.8, 4) is 0 Å². The van der Waals surface area contributed by atoms with Crippen LogP contribution in [-0.2, 0) is 12.3 Å². The van der Waals surface area contributed by atoms with Crippen LogP contribution in [0.2, 0.25) is 0 Å². The molecule has 0 saturated heterocycles. The maximum Gasteiger partial charge on any atom is 0.118 e. The summed E-state index contributed by atoms with van der Waals surface area (Å²) in [5.41, 5.74) is 0.0977. The number of hydrogen-bond donors (Lipinski definition) is 1. The number of pyridine rings is 1. The molecule has 0 aliphatic rings. The van der Waals surface area contributed by atoms with Crippen molar-refractivity contribution in [2.45, 2.75) is 43.6 Å². The Balaban J connectivity index is 1.89. The second-order valence-corrected chi connectivity index (χ2v) is 7.37. The standard InChI is InChI=1S/C15H19BrN2OS/c1-15(2,3)18-9-11-6-7-12(19-11)10-20-14-13(16)5-4-8-17-14/h4-8,18H,9-10H2,1-3H3. The van der Waals surface area contributed by atoms with E-state index in [0.717, 1.165) is 33.3 Å². The molecular formula is C15H19BrN2OS. The molecule has 3 nitrogen and oxygen atoms in total. The van der Waals surface area contributed by atoms with Crippen molar-refractivity contribution in [1.82, 2.24) is 10.3 Å². The first kappa shape index (κ1) is 15.6. The van der Waals surface area contributed by atoms with E-state index >= 15 is 0 Å². The summed E-state index contributed by atoms with van der Waals surface area (Å²) in [6.07, 6.45) is 1.80. The number of furan rings is 1. The van der Waals surface area contributed by atoms with Crippen LogP contribution in [0, 0.1) is 0 Å². The summed E-state index contributed by atoms with van der Waals surface area (Å²) in [7, 11) is 0. The molecule has 0 saturated carbocycles. The van der Waals surface area contributed by atoms with E-state index in [0.29, 0.717) is 0 Å². The van der Waals surface area contributed by atoms with Crippen LogP contribution in [0.1, 0.15) is 32.3 Å². The molecule has 0 amide bonds. The number of aromatic nitrogens is 1. The van der Waals surface area contributed by atoms with Gasteiger partial charge in [0.25, 0.3) is 0 Å². The lowest BCUT2D eigenvalue weighted by Crippen LogP contribution is -2.34. The number of nitrogens with zero attached hydrogens (tertiary/aromatic N) is 1. The number of rotatable bonds is 5. The molecule has 2 aromatic heterocycles. The van der Waals surface area contributed by atoms with Gasteiger partial charge in [-0.15, -0.1) is 0 Å². The fraction of sp³-hybridized carbons (Fsp3) is 0.400. The lowest BCUT2D eigenvalue weighted by atomic mass is 10.1. The van der Waals surface area contributed by atoms with Gasteiger partial charge in [0, 0.05) is 16.2 Å². The molecule has 0 atom stereocenters. The van der Waals surface area contributed by atoms with Crippen LogP contribution in [0.15, 0.2) is 44.4 Å². The van der Waals surface area contributed by atoms with Gasteiger partial charge in [-0.2, -0.15) is 0 Å². The van der Waals surface area contributed by atoms with E-state index in [1.54, 1.807) is 18.0 Å². The minimum Gasteiger partial charge on any atom is -0.464 e. The second-order valence-electron chi connectivity index (χ2n) is 5.55. The third kappa shape index (κ3) is 4.96. The van der Waals surface area contributed by atoms with E-state index in [9.17, 15) is 0 Å². The number of nitrogens with one attached hydrogen (secondary N) is 1. The molecule has 2 heterocycles. The Hall–Kier alpha value is -0.780. The predicted octanol–water partition coefficient (Wildman–Crippen LogP) is 4.62. The number of hydrogen-bond acceptors (Lipinski definition) is 4. The fourth-order valence-electron chi connectivity index (χ4n) is 1.56. The first-order valence-corrected chi connectivity index (χ1v) is 8.28. The summed E-state index contributed by atoms with van der Waals surface area (Å²) in [6.45, 7) is 7.18. The van der Waals surface area contributed by atoms with Crippen molar-refractivity contribution in [2.24, 2.45) is 0 Å². The van der Waals surface area contributed by atoms with E-state index < -0.39 is 0 Å². The van der Waals surface area contributed by atoms with Crippen LogP contribution in [0.5, 0.6) is 0 Å². The van der Waals surface area contributed by atoms with Gasteiger partial charge < -0.3 is 9.73 Å². The molecule has 0 aromatic carbocycles. The normalized spacial score (nSPS) is 11.8. The molecule has 0 aliphatic carbocycles. The molecule has 0 aliphatic heterocycles. The Kier molecular flexibility index (Phi) is 5.29. The molecule has 0 radical (unpaired) electrons. The molecule has 0 bridgehead atoms. The quantitative estimate of drug-likeness (QED) is 0.795. The van der Waals surface area contributed by atoms with Gasteiger partial charge in [-0.3, -0.25) is 0 Å². The Morgan fingerprint density at radius 1 is 1.25 bits per heavy atom. The SMILES string of the molecule is CC(C)(C)NCc1ccc(CSc2ncccc2Br)o1. The largest absolute Gasteiger partial charge is 0.464 e. The molecule has 2 aromatic rings. The van der Waals surface area contributed by atoms with Gasteiger partial charge in [-0.25, -0.2) is 4.98 Å². The zero-order chi connectivity index (χ0) is 14.6. The van der Waals surface area contributed by atoms with Gasteiger partial charge in [0.1, 0.15) is 16.5 Å². The van der Waals surface area contributed by atoms with Gasteiger partial charge in [0.15, 0.2) is 0 Å². The average Bonchev–Trinajstić information content (AvgIpc) is 2.83. The lowest BCUT2D eigenvalue weighted by molar-refractivity contribution is 0.382. The molecule has 0 spiro atoms. The zero-order valence-electron chi connectivity index (χ0n) is 11.9. The van der Waals surface area contributed by atoms with Crippen molar-refractivity contribution in [3.05, 3.63) is 46.5 Å². The summed E-state index contributed by atoms with van der Waals surface area (Å²) in [5, 5.41) is 4.40. The van der Waals surface area contributed by atoms with E-state index in [2.05, 4.69) is 47.0 Å². The summed E-state index contributed by atoms with van der Waals surface area (Å²) in [5.74, 6) is 2.72. The third-order valence-corrected chi connectivity index (χ3v) is 4.52. The highest BCUT2D eigenvalue weighted by Gasteiger charge is 2.10. The molecule has 20 heavy (non-hydrogen) atoms. The van der Waals surface area contributed by atoms with Gasteiger partial charge in [-0.1, -0.05) is 11.8 Å². The van der Waals surface area contributed by atoms with E-state index in [1.165, 1.54) is 0 Å². The van der Waals surface area contributed by atoms with E-state index in [4.69, 9.17) is 4.42 Å². The molecule has 5 heteroatoms. The maximum absolute atomic E-state index is 5.81. The van der Waals surface area contributed by atoms with Crippen LogP contribution in [0.4, 0.5) is 0 Å².